The van der Waals surface area contributed by atoms with Gasteiger partial charge in [-0.25, -0.2) is 4.98 Å². The van der Waals surface area contributed by atoms with Crippen molar-refractivity contribution in [3.05, 3.63) is 23.9 Å². The molecule has 0 aliphatic carbocycles. The maximum Gasteiger partial charge on any atom is 0.131 e. The van der Waals surface area contributed by atoms with Gasteiger partial charge in [-0.05, 0) is 37.8 Å². The minimum Gasteiger partial charge on any atom is -0.356 e. The normalized spacial score (nSPS) is 12.8. The average Bonchev–Trinajstić information content (AvgIpc) is 2.30. The van der Waals surface area contributed by atoms with E-state index in [1.165, 1.54) is 5.56 Å². The van der Waals surface area contributed by atoms with E-state index < -0.39 is 0 Å². The summed E-state index contributed by atoms with van der Waals surface area (Å²) in [5.74, 6) is 1.08. The Labute approximate surface area is 105 Å². The Hall–Kier alpha value is -1.09. The molecule has 0 bridgehead atoms. The van der Waals surface area contributed by atoms with Gasteiger partial charge in [0.05, 0.1) is 0 Å². The van der Waals surface area contributed by atoms with Crippen LogP contribution in [0.5, 0.6) is 0 Å². The fourth-order valence-electron chi connectivity index (χ4n) is 2.26. The third kappa shape index (κ3) is 3.70. The molecule has 3 heteroatoms. The Morgan fingerprint density at radius 1 is 1.35 bits per heavy atom. The molecule has 0 radical (unpaired) electrons. The molecule has 0 saturated carbocycles. The second-order valence-corrected chi connectivity index (χ2v) is 4.75. The van der Waals surface area contributed by atoms with Crippen LogP contribution in [-0.2, 0) is 6.42 Å². The monoisotopic (exact) mass is 235 g/mol. The van der Waals surface area contributed by atoms with Gasteiger partial charge in [-0.3, -0.25) is 0 Å². The van der Waals surface area contributed by atoms with Crippen LogP contribution in [0.15, 0.2) is 18.3 Å². The van der Waals surface area contributed by atoms with Gasteiger partial charge in [-0.1, -0.05) is 19.9 Å². The van der Waals surface area contributed by atoms with Crippen LogP contribution in [0.3, 0.4) is 0 Å². The molecule has 17 heavy (non-hydrogen) atoms. The summed E-state index contributed by atoms with van der Waals surface area (Å²) in [5.41, 5.74) is 7.14. The lowest BCUT2D eigenvalue weighted by Crippen LogP contribution is -2.32. The highest BCUT2D eigenvalue weighted by Gasteiger charge is 2.15. The Balaban J connectivity index is 2.95. The van der Waals surface area contributed by atoms with Crippen LogP contribution in [0.4, 0.5) is 5.82 Å². The maximum absolute atomic E-state index is 5.89. The lowest BCUT2D eigenvalue weighted by atomic mass is 10.1. The Morgan fingerprint density at radius 2 is 2.00 bits per heavy atom. The quantitative estimate of drug-likeness (QED) is 0.824. The van der Waals surface area contributed by atoms with E-state index in [2.05, 4.69) is 36.8 Å². The number of hydrogen-bond donors (Lipinski definition) is 1. The molecule has 1 unspecified atom stereocenters. The molecule has 0 aliphatic heterocycles. The van der Waals surface area contributed by atoms with Crippen LogP contribution >= 0.6 is 0 Å². The molecule has 0 aliphatic rings. The first-order valence-electron chi connectivity index (χ1n) is 6.52. The summed E-state index contributed by atoms with van der Waals surface area (Å²) in [7, 11) is 2.13. The minimum atomic E-state index is 0.174. The summed E-state index contributed by atoms with van der Waals surface area (Å²) < 4.78 is 0. The van der Waals surface area contributed by atoms with Crippen molar-refractivity contribution in [2.24, 2.45) is 5.73 Å². The molecule has 0 fully saturated rings. The second-order valence-electron chi connectivity index (χ2n) is 4.75. The van der Waals surface area contributed by atoms with Crippen LogP contribution in [-0.4, -0.2) is 24.1 Å². The van der Waals surface area contributed by atoms with E-state index in [1.54, 1.807) is 0 Å². The van der Waals surface area contributed by atoms with Crippen molar-refractivity contribution in [2.45, 2.75) is 52.1 Å². The summed E-state index contributed by atoms with van der Waals surface area (Å²) in [4.78, 5) is 6.81. The van der Waals surface area contributed by atoms with Crippen molar-refractivity contribution in [3.63, 3.8) is 0 Å². The molecule has 0 aromatic carbocycles. The van der Waals surface area contributed by atoms with E-state index in [4.69, 9.17) is 5.73 Å². The third-order valence-electron chi connectivity index (χ3n) is 3.23. The zero-order chi connectivity index (χ0) is 12.8. The first-order chi connectivity index (χ1) is 8.10. The summed E-state index contributed by atoms with van der Waals surface area (Å²) in [6, 6.07) is 4.84. The Morgan fingerprint density at radius 3 is 2.53 bits per heavy atom. The fourth-order valence-corrected chi connectivity index (χ4v) is 2.26. The molecule has 1 heterocycles. The topological polar surface area (TPSA) is 42.2 Å². The smallest absolute Gasteiger partial charge is 0.131 e. The highest BCUT2D eigenvalue weighted by atomic mass is 15.2. The van der Waals surface area contributed by atoms with E-state index in [0.29, 0.717) is 6.04 Å². The van der Waals surface area contributed by atoms with Crippen molar-refractivity contribution in [2.75, 3.05) is 11.9 Å². The summed E-state index contributed by atoms with van der Waals surface area (Å²) in [5, 5.41) is 0. The zero-order valence-electron chi connectivity index (χ0n) is 11.5. The fraction of sp³-hybridized carbons (Fsp3) is 0.643. The maximum atomic E-state index is 5.89. The first kappa shape index (κ1) is 14.0. The molecular formula is C14H25N3. The van der Waals surface area contributed by atoms with Crippen molar-refractivity contribution in [1.29, 1.82) is 0 Å². The van der Waals surface area contributed by atoms with Crippen molar-refractivity contribution in [3.8, 4) is 0 Å². The van der Waals surface area contributed by atoms with Gasteiger partial charge in [-0.2, -0.15) is 0 Å². The summed E-state index contributed by atoms with van der Waals surface area (Å²) >= 11 is 0. The van der Waals surface area contributed by atoms with Crippen molar-refractivity contribution in [1.82, 2.24) is 4.98 Å². The van der Waals surface area contributed by atoms with Gasteiger partial charge >= 0.3 is 0 Å². The number of nitrogens with zero attached hydrogens (tertiary/aromatic N) is 2. The van der Waals surface area contributed by atoms with Crippen LogP contribution in [0, 0.1) is 0 Å². The van der Waals surface area contributed by atoms with Gasteiger partial charge in [-0.15, -0.1) is 0 Å². The number of anilines is 1. The molecular weight excluding hydrogens is 210 g/mol. The largest absolute Gasteiger partial charge is 0.356 e. The number of nitrogens with two attached hydrogens (primary N) is 1. The third-order valence-corrected chi connectivity index (χ3v) is 3.23. The lowest BCUT2D eigenvalue weighted by molar-refractivity contribution is 0.583. The van der Waals surface area contributed by atoms with E-state index in [0.717, 1.165) is 25.1 Å². The van der Waals surface area contributed by atoms with Gasteiger partial charge < -0.3 is 10.6 Å². The molecule has 0 saturated heterocycles. The SMILES string of the molecule is CCC(CC)N(C)c1ncccc1CC(C)N. The number of rotatable bonds is 6. The van der Waals surface area contributed by atoms with Gasteiger partial charge in [0.25, 0.3) is 0 Å². The van der Waals surface area contributed by atoms with Gasteiger partial charge in [0.15, 0.2) is 0 Å². The summed E-state index contributed by atoms with van der Waals surface area (Å²) in [6.07, 6.45) is 5.02. The minimum absolute atomic E-state index is 0.174. The van der Waals surface area contributed by atoms with Crippen molar-refractivity contribution < 1.29 is 0 Å². The molecule has 3 nitrogen and oxygen atoms in total. The molecule has 2 N–H and O–H groups in total. The average molecular weight is 235 g/mol. The summed E-state index contributed by atoms with van der Waals surface area (Å²) in [6.45, 7) is 6.48. The van der Waals surface area contributed by atoms with E-state index in [-0.39, 0.29) is 6.04 Å². The van der Waals surface area contributed by atoms with Crippen molar-refractivity contribution >= 4 is 5.82 Å². The van der Waals surface area contributed by atoms with Crippen LogP contribution in [0.1, 0.15) is 39.2 Å². The number of hydrogen-bond acceptors (Lipinski definition) is 3. The molecule has 1 atom stereocenters. The molecule has 96 valence electrons. The Bertz CT molecular complexity index is 332. The number of aromatic nitrogens is 1. The highest BCUT2D eigenvalue weighted by molar-refractivity contribution is 5.47. The van der Waals surface area contributed by atoms with Gasteiger partial charge in [0.1, 0.15) is 5.82 Å². The predicted molar refractivity (Wildman–Crippen MR) is 74.4 cm³/mol. The van der Waals surface area contributed by atoms with Crippen LogP contribution in [0.25, 0.3) is 0 Å². The zero-order valence-corrected chi connectivity index (χ0v) is 11.5. The van der Waals surface area contributed by atoms with E-state index >= 15 is 0 Å². The second kappa shape index (κ2) is 6.60. The standard InChI is InChI=1S/C14H25N3/c1-5-13(6-2)17(4)14-12(10-11(3)15)8-7-9-16-14/h7-9,11,13H,5-6,10,15H2,1-4H3. The van der Waals surface area contributed by atoms with Crippen LogP contribution < -0.4 is 10.6 Å². The van der Waals surface area contributed by atoms with Gasteiger partial charge in [0.2, 0.25) is 0 Å². The molecule has 1 aromatic rings. The Kier molecular flexibility index (Phi) is 5.42. The molecule has 1 rings (SSSR count). The van der Waals surface area contributed by atoms with E-state index in [1.807, 2.05) is 19.2 Å². The molecule has 1 aromatic heterocycles. The predicted octanol–water partition coefficient (Wildman–Crippen LogP) is 2.60. The molecule has 0 amide bonds. The number of pyridine rings is 1. The van der Waals surface area contributed by atoms with E-state index in [9.17, 15) is 0 Å². The van der Waals surface area contributed by atoms with Crippen LogP contribution in [0.2, 0.25) is 0 Å². The molecule has 0 spiro atoms. The first-order valence-corrected chi connectivity index (χ1v) is 6.52. The highest BCUT2D eigenvalue weighted by Crippen LogP contribution is 2.21. The van der Waals surface area contributed by atoms with Gasteiger partial charge in [0, 0.05) is 25.3 Å². The lowest BCUT2D eigenvalue weighted by Gasteiger charge is -2.29.